The molecule has 0 aliphatic carbocycles. The van der Waals surface area contributed by atoms with Crippen molar-refractivity contribution < 1.29 is 9.21 Å². The van der Waals surface area contributed by atoms with Crippen molar-refractivity contribution in [1.82, 2.24) is 0 Å². The predicted molar refractivity (Wildman–Crippen MR) is 81.3 cm³/mol. The number of thioether (sulfide) groups is 1. The Kier molecular flexibility index (Phi) is 3.44. The summed E-state index contributed by atoms with van der Waals surface area (Å²) in [4.78, 5) is 15.4. The summed E-state index contributed by atoms with van der Waals surface area (Å²) < 4.78 is 5.56. The lowest BCUT2D eigenvalue weighted by atomic mass is 10.2. The van der Waals surface area contributed by atoms with Gasteiger partial charge in [-0.05, 0) is 30.3 Å². The Morgan fingerprint density at radius 1 is 1.40 bits per heavy atom. The molecule has 5 heteroatoms. The van der Waals surface area contributed by atoms with Gasteiger partial charge in [-0.15, -0.1) is 11.8 Å². The molecule has 2 heterocycles. The van der Waals surface area contributed by atoms with Gasteiger partial charge in [-0.2, -0.15) is 0 Å². The van der Waals surface area contributed by atoms with Gasteiger partial charge in [0.15, 0.2) is 5.76 Å². The number of hydrogen-bond acceptors (Lipinski definition) is 4. The molecule has 0 saturated carbocycles. The maximum absolute atomic E-state index is 12.6. The zero-order valence-corrected chi connectivity index (χ0v) is 12.1. The van der Waals surface area contributed by atoms with Gasteiger partial charge in [0.2, 0.25) is 0 Å². The molecular formula is C15H16N2O2S. The fourth-order valence-electron chi connectivity index (χ4n) is 2.26. The predicted octanol–water partition coefficient (Wildman–Crippen LogP) is 3.18. The number of amides is 1. The van der Waals surface area contributed by atoms with Gasteiger partial charge >= 0.3 is 0 Å². The van der Waals surface area contributed by atoms with Crippen LogP contribution in [0.15, 0.2) is 39.6 Å². The summed E-state index contributed by atoms with van der Waals surface area (Å²) in [6.07, 6.45) is 0.784. The number of carbonyl (C=O) groups excluding carboxylic acids is 1. The van der Waals surface area contributed by atoms with Crippen LogP contribution < -0.4 is 10.6 Å². The topological polar surface area (TPSA) is 59.5 Å². The lowest BCUT2D eigenvalue weighted by Gasteiger charge is -2.28. The van der Waals surface area contributed by atoms with Crippen LogP contribution in [0.4, 0.5) is 11.4 Å². The number of benzene rings is 1. The molecule has 0 atom stereocenters. The Balaban J connectivity index is 1.95. The summed E-state index contributed by atoms with van der Waals surface area (Å²) >= 11 is 1.74. The van der Waals surface area contributed by atoms with Gasteiger partial charge in [0.05, 0.1) is 5.69 Å². The van der Waals surface area contributed by atoms with E-state index in [1.54, 1.807) is 22.7 Å². The molecule has 1 aromatic heterocycles. The van der Waals surface area contributed by atoms with E-state index in [-0.39, 0.29) is 5.91 Å². The van der Waals surface area contributed by atoms with Gasteiger partial charge in [0, 0.05) is 29.3 Å². The first-order valence-electron chi connectivity index (χ1n) is 6.62. The number of furan rings is 1. The van der Waals surface area contributed by atoms with Crippen molar-refractivity contribution in [2.45, 2.75) is 18.2 Å². The monoisotopic (exact) mass is 288 g/mol. The molecule has 0 spiro atoms. The normalized spacial score (nSPS) is 14.2. The summed E-state index contributed by atoms with van der Waals surface area (Å²) in [5.74, 6) is 2.00. The number of carbonyl (C=O) groups is 1. The van der Waals surface area contributed by atoms with Crippen LogP contribution in [0.25, 0.3) is 0 Å². The quantitative estimate of drug-likeness (QED) is 0.862. The molecule has 20 heavy (non-hydrogen) atoms. The van der Waals surface area contributed by atoms with Crippen LogP contribution in [0.3, 0.4) is 0 Å². The van der Waals surface area contributed by atoms with Crippen molar-refractivity contribution in [1.29, 1.82) is 0 Å². The number of anilines is 2. The van der Waals surface area contributed by atoms with Crippen molar-refractivity contribution in [2.24, 2.45) is 0 Å². The van der Waals surface area contributed by atoms with Crippen molar-refractivity contribution in [2.75, 3.05) is 22.9 Å². The highest BCUT2D eigenvalue weighted by molar-refractivity contribution is 7.99. The van der Waals surface area contributed by atoms with Crippen LogP contribution in [0.5, 0.6) is 0 Å². The first kappa shape index (κ1) is 13.1. The van der Waals surface area contributed by atoms with E-state index in [1.165, 1.54) is 0 Å². The van der Waals surface area contributed by atoms with Gasteiger partial charge < -0.3 is 15.1 Å². The van der Waals surface area contributed by atoms with E-state index in [0.29, 0.717) is 18.0 Å². The maximum atomic E-state index is 12.6. The molecule has 2 N–H and O–H groups in total. The Morgan fingerprint density at radius 3 is 3.00 bits per heavy atom. The summed E-state index contributed by atoms with van der Waals surface area (Å²) in [5.41, 5.74) is 7.38. The Morgan fingerprint density at radius 2 is 2.25 bits per heavy atom. The van der Waals surface area contributed by atoms with Crippen LogP contribution in [-0.4, -0.2) is 18.2 Å². The molecule has 104 valence electrons. The fourth-order valence-corrected chi connectivity index (χ4v) is 3.24. The number of aryl methyl sites for hydroxylation is 1. The number of nitrogens with zero attached hydrogens (tertiary/aromatic N) is 1. The molecular weight excluding hydrogens is 272 g/mol. The summed E-state index contributed by atoms with van der Waals surface area (Å²) in [6.45, 7) is 2.67. The SMILES string of the molecule is CCc1ccc(C(=O)N2CCSc3ccc(N)cc32)o1. The van der Waals surface area contributed by atoms with Gasteiger partial charge in [-0.3, -0.25) is 4.79 Å². The molecule has 0 unspecified atom stereocenters. The lowest BCUT2D eigenvalue weighted by molar-refractivity contribution is 0.0959. The Hall–Kier alpha value is -1.88. The average molecular weight is 288 g/mol. The smallest absolute Gasteiger partial charge is 0.294 e. The van der Waals surface area contributed by atoms with Crippen molar-refractivity contribution in [3.8, 4) is 0 Å². The second kappa shape index (κ2) is 5.25. The van der Waals surface area contributed by atoms with Gasteiger partial charge in [-0.25, -0.2) is 0 Å². The number of nitrogen functional groups attached to an aromatic ring is 1. The first-order valence-corrected chi connectivity index (χ1v) is 7.60. The van der Waals surface area contributed by atoms with Crippen LogP contribution in [0.1, 0.15) is 23.2 Å². The van der Waals surface area contributed by atoms with Gasteiger partial charge in [-0.1, -0.05) is 6.92 Å². The summed E-state index contributed by atoms with van der Waals surface area (Å²) in [5, 5.41) is 0. The highest BCUT2D eigenvalue weighted by atomic mass is 32.2. The minimum atomic E-state index is -0.100. The number of fused-ring (bicyclic) bond motifs is 1. The summed E-state index contributed by atoms with van der Waals surface area (Å²) in [7, 11) is 0. The molecule has 3 rings (SSSR count). The molecule has 2 aromatic rings. The van der Waals surface area contributed by atoms with Crippen molar-refractivity contribution in [3.05, 3.63) is 41.9 Å². The average Bonchev–Trinajstić information content (AvgIpc) is 2.94. The van der Waals surface area contributed by atoms with E-state index in [4.69, 9.17) is 10.2 Å². The zero-order chi connectivity index (χ0) is 14.1. The summed E-state index contributed by atoms with van der Waals surface area (Å²) in [6, 6.07) is 9.28. The van der Waals surface area contributed by atoms with Crippen LogP contribution in [0.2, 0.25) is 0 Å². The van der Waals surface area contributed by atoms with E-state index in [1.807, 2.05) is 31.2 Å². The Bertz CT molecular complexity index is 651. The van der Waals surface area contributed by atoms with Crippen molar-refractivity contribution >= 4 is 29.0 Å². The van der Waals surface area contributed by atoms with Crippen LogP contribution in [0, 0.1) is 0 Å². The van der Waals surface area contributed by atoms with Gasteiger partial charge in [0.1, 0.15) is 5.76 Å². The van der Waals surface area contributed by atoms with E-state index >= 15 is 0 Å². The third kappa shape index (κ3) is 2.29. The van der Waals surface area contributed by atoms with E-state index < -0.39 is 0 Å². The van der Waals surface area contributed by atoms with Gasteiger partial charge in [0.25, 0.3) is 5.91 Å². The minimum absolute atomic E-state index is 0.100. The second-order valence-corrected chi connectivity index (χ2v) is 5.79. The molecule has 1 aliphatic heterocycles. The van der Waals surface area contributed by atoms with E-state index in [9.17, 15) is 4.79 Å². The van der Waals surface area contributed by atoms with E-state index in [2.05, 4.69) is 0 Å². The molecule has 1 amide bonds. The number of hydrogen-bond donors (Lipinski definition) is 1. The largest absolute Gasteiger partial charge is 0.456 e. The standard InChI is InChI=1S/C15H16N2O2S/c1-2-11-4-5-13(19-11)15(18)17-7-8-20-14-6-3-10(16)9-12(14)17/h3-6,9H,2,7-8,16H2,1H3. The molecule has 4 nitrogen and oxygen atoms in total. The third-order valence-electron chi connectivity index (χ3n) is 3.31. The van der Waals surface area contributed by atoms with Crippen molar-refractivity contribution in [3.63, 3.8) is 0 Å². The third-order valence-corrected chi connectivity index (χ3v) is 4.36. The highest BCUT2D eigenvalue weighted by Crippen LogP contribution is 2.36. The minimum Gasteiger partial charge on any atom is -0.456 e. The second-order valence-electron chi connectivity index (χ2n) is 4.65. The zero-order valence-electron chi connectivity index (χ0n) is 11.3. The van der Waals surface area contributed by atoms with Crippen LogP contribution >= 0.6 is 11.8 Å². The van der Waals surface area contributed by atoms with E-state index in [0.717, 1.165) is 28.5 Å². The number of nitrogens with two attached hydrogens (primary N) is 1. The fraction of sp³-hybridized carbons (Fsp3) is 0.267. The number of rotatable bonds is 2. The molecule has 0 saturated heterocycles. The first-order chi connectivity index (χ1) is 9.69. The maximum Gasteiger partial charge on any atom is 0.294 e. The molecule has 1 aromatic carbocycles. The lowest BCUT2D eigenvalue weighted by Crippen LogP contribution is -2.35. The molecule has 1 aliphatic rings. The van der Waals surface area contributed by atoms with Crippen LogP contribution in [-0.2, 0) is 6.42 Å². The molecule has 0 radical (unpaired) electrons. The highest BCUT2D eigenvalue weighted by Gasteiger charge is 2.26. The molecule has 0 fully saturated rings. The molecule has 0 bridgehead atoms. The Labute approximate surface area is 121 Å².